The van der Waals surface area contributed by atoms with Gasteiger partial charge in [-0.2, -0.15) is 0 Å². The number of amides is 1. The molecule has 39 heavy (non-hydrogen) atoms. The van der Waals surface area contributed by atoms with Gasteiger partial charge in [0, 0.05) is 56.3 Å². The van der Waals surface area contributed by atoms with Crippen LogP contribution in [-0.4, -0.2) is 96.4 Å². The lowest BCUT2D eigenvalue weighted by Crippen LogP contribution is -2.66. The van der Waals surface area contributed by atoms with E-state index in [0.29, 0.717) is 31.2 Å². The van der Waals surface area contributed by atoms with Crippen molar-refractivity contribution < 1.29 is 19.0 Å². The Bertz CT molecular complexity index is 1190. The van der Waals surface area contributed by atoms with Crippen LogP contribution in [0.15, 0.2) is 30.3 Å². The van der Waals surface area contributed by atoms with Crippen molar-refractivity contribution in [1.82, 2.24) is 20.1 Å². The first-order valence-electron chi connectivity index (χ1n) is 14.1. The fourth-order valence-electron chi connectivity index (χ4n) is 6.24. The molecule has 3 aliphatic rings. The number of aliphatic hydroxyl groups is 1. The quantitative estimate of drug-likeness (QED) is 0.559. The first-order valence-corrected chi connectivity index (χ1v) is 14.1. The molecular formula is C30H42FN5O3. The maximum absolute atomic E-state index is 14.0. The maximum atomic E-state index is 14.0. The van der Waals surface area contributed by atoms with Gasteiger partial charge in [-0.3, -0.25) is 19.6 Å². The predicted molar refractivity (Wildman–Crippen MR) is 149 cm³/mol. The number of nitrogens with zero attached hydrogens (tertiary/aromatic N) is 4. The second-order valence-electron chi connectivity index (χ2n) is 12.3. The molecule has 3 aliphatic heterocycles. The third-order valence-corrected chi connectivity index (χ3v) is 8.62. The molecule has 0 radical (unpaired) electrons. The largest absolute Gasteiger partial charge is 0.390 e. The number of pyridine rings is 1. The molecule has 0 unspecified atom stereocenters. The van der Waals surface area contributed by atoms with Gasteiger partial charge in [-0.25, -0.2) is 4.39 Å². The molecule has 2 fully saturated rings. The van der Waals surface area contributed by atoms with Crippen LogP contribution in [0, 0.1) is 5.82 Å². The molecule has 0 saturated carbocycles. The van der Waals surface area contributed by atoms with Crippen LogP contribution in [0.25, 0.3) is 0 Å². The third kappa shape index (κ3) is 5.88. The summed E-state index contributed by atoms with van der Waals surface area (Å²) in [6, 6.07) is 8.74. The number of fused-ring (bicyclic) bond motifs is 1. The Labute approximate surface area is 231 Å². The number of halogens is 1. The van der Waals surface area contributed by atoms with Gasteiger partial charge in [0.15, 0.2) is 0 Å². The van der Waals surface area contributed by atoms with E-state index in [0.717, 1.165) is 68.4 Å². The normalized spacial score (nSPS) is 25.6. The van der Waals surface area contributed by atoms with Crippen molar-refractivity contribution in [3.8, 4) is 0 Å². The standard InChI is InChI=1S/C30H42FN5O3/c1-21-17-39-12-11-34(21)20-30(4)18-32-9-10-35(30)15-27(38)36-19-29(2,3)28-26(36)14-23(25(16-37)33-28)13-22-5-7-24(31)8-6-22/h5-8,14,21,32,37H,9-13,15-20H2,1-4H3/t21-,30-/m1/s1. The lowest BCUT2D eigenvalue weighted by molar-refractivity contribution is -0.122. The second kappa shape index (κ2) is 11.2. The molecule has 1 aromatic carbocycles. The van der Waals surface area contributed by atoms with Crippen LogP contribution in [0.4, 0.5) is 10.1 Å². The molecule has 0 bridgehead atoms. The van der Waals surface area contributed by atoms with Crippen molar-refractivity contribution in [2.45, 2.75) is 57.7 Å². The van der Waals surface area contributed by atoms with Crippen molar-refractivity contribution in [3.63, 3.8) is 0 Å². The summed E-state index contributed by atoms with van der Waals surface area (Å²) in [7, 11) is 0. The summed E-state index contributed by atoms with van der Waals surface area (Å²) in [5.41, 5.74) is 3.54. The third-order valence-electron chi connectivity index (χ3n) is 8.62. The van der Waals surface area contributed by atoms with Gasteiger partial charge >= 0.3 is 0 Å². The average Bonchev–Trinajstić information content (AvgIpc) is 3.17. The van der Waals surface area contributed by atoms with Crippen molar-refractivity contribution in [2.75, 3.05) is 63.9 Å². The van der Waals surface area contributed by atoms with Gasteiger partial charge in [-0.1, -0.05) is 26.0 Å². The van der Waals surface area contributed by atoms with Crippen molar-refractivity contribution in [1.29, 1.82) is 0 Å². The van der Waals surface area contributed by atoms with E-state index in [2.05, 4.69) is 42.8 Å². The topological polar surface area (TPSA) is 81.2 Å². The number of benzene rings is 1. The molecule has 1 amide bonds. The van der Waals surface area contributed by atoms with Gasteiger partial charge < -0.3 is 20.1 Å². The van der Waals surface area contributed by atoms with Crippen LogP contribution < -0.4 is 10.2 Å². The highest BCUT2D eigenvalue weighted by Crippen LogP contribution is 2.41. The highest BCUT2D eigenvalue weighted by atomic mass is 19.1. The van der Waals surface area contributed by atoms with Crippen LogP contribution in [0.5, 0.6) is 0 Å². The number of morpholine rings is 1. The summed E-state index contributed by atoms with van der Waals surface area (Å²) in [4.78, 5) is 25.6. The van der Waals surface area contributed by atoms with Gasteiger partial charge in [-0.15, -0.1) is 0 Å². The fourth-order valence-corrected chi connectivity index (χ4v) is 6.24. The molecule has 8 nitrogen and oxygen atoms in total. The number of aromatic nitrogens is 1. The Kier molecular flexibility index (Phi) is 8.08. The van der Waals surface area contributed by atoms with Gasteiger partial charge in [0.05, 0.1) is 43.4 Å². The lowest BCUT2D eigenvalue weighted by atomic mass is 9.90. The molecule has 1 aromatic heterocycles. The zero-order chi connectivity index (χ0) is 27.8. The fraction of sp³-hybridized carbons (Fsp3) is 0.600. The van der Waals surface area contributed by atoms with Crippen LogP contribution in [0.3, 0.4) is 0 Å². The molecule has 0 spiro atoms. The van der Waals surface area contributed by atoms with Crippen molar-refractivity contribution in [2.24, 2.45) is 0 Å². The number of piperazine rings is 1. The number of carbonyl (C=O) groups excluding carboxylic acids is 1. The van der Waals surface area contributed by atoms with E-state index in [1.165, 1.54) is 12.1 Å². The zero-order valence-corrected chi connectivity index (χ0v) is 23.7. The molecule has 5 rings (SSSR count). The van der Waals surface area contributed by atoms with Crippen LogP contribution in [0.1, 0.15) is 50.2 Å². The van der Waals surface area contributed by atoms with Crippen molar-refractivity contribution >= 4 is 11.6 Å². The Balaban J connectivity index is 1.39. The number of rotatable bonds is 7. The molecule has 2 saturated heterocycles. The lowest BCUT2D eigenvalue weighted by Gasteiger charge is -2.49. The van der Waals surface area contributed by atoms with Gasteiger partial charge in [-0.05, 0) is 49.6 Å². The number of anilines is 1. The van der Waals surface area contributed by atoms with Gasteiger partial charge in [0.25, 0.3) is 0 Å². The molecule has 2 aromatic rings. The molecule has 2 N–H and O–H groups in total. The molecule has 0 aliphatic carbocycles. The Morgan fingerprint density at radius 3 is 2.72 bits per heavy atom. The van der Waals surface area contributed by atoms with Gasteiger partial charge in [0.2, 0.25) is 5.91 Å². The molecular weight excluding hydrogens is 497 g/mol. The number of ether oxygens (including phenoxy) is 1. The van der Waals surface area contributed by atoms with Crippen molar-refractivity contribution in [3.05, 3.63) is 58.7 Å². The van der Waals surface area contributed by atoms with E-state index in [-0.39, 0.29) is 29.3 Å². The van der Waals surface area contributed by atoms with E-state index >= 15 is 0 Å². The van der Waals surface area contributed by atoms with Crippen LogP contribution in [-0.2, 0) is 28.0 Å². The smallest absolute Gasteiger partial charge is 0.241 e. The number of carbonyl (C=O) groups is 1. The predicted octanol–water partition coefficient (Wildman–Crippen LogP) is 2.31. The van der Waals surface area contributed by atoms with E-state index < -0.39 is 0 Å². The average molecular weight is 540 g/mol. The highest BCUT2D eigenvalue weighted by Gasteiger charge is 2.43. The number of hydrogen-bond acceptors (Lipinski definition) is 7. The Morgan fingerprint density at radius 2 is 2.00 bits per heavy atom. The summed E-state index contributed by atoms with van der Waals surface area (Å²) in [5, 5.41) is 13.7. The highest BCUT2D eigenvalue weighted by molar-refractivity contribution is 5.97. The molecule has 2 atom stereocenters. The minimum Gasteiger partial charge on any atom is -0.390 e. The summed E-state index contributed by atoms with van der Waals surface area (Å²) in [6.45, 7) is 15.1. The number of nitrogens with one attached hydrogen (secondary N) is 1. The van der Waals surface area contributed by atoms with E-state index in [4.69, 9.17) is 9.72 Å². The number of hydrogen-bond donors (Lipinski definition) is 2. The molecule has 9 heteroatoms. The molecule has 212 valence electrons. The van der Waals surface area contributed by atoms with E-state index in [1.807, 2.05) is 11.0 Å². The Morgan fingerprint density at radius 1 is 1.23 bits per heavy atom. The summed E-state index contributed by atoms with van der Waals surface area (Å²) in [5.74, 6) is -0.217. The minimum atomic E-state index is -0.334. The van der Waals surface area contributed by atoms with E-state index in [9.17, 15) is 14.3 Å². The number of aliphatic hydroxyl groups excluding tert-OH is 1. The SMILES string of the molecule is C[C@@H]1COCCN1C[C@@]1(C)CNCCN1CC(=O)N1CC(C)(C)c2nc(CO)c(Cc3ccc(F)cc3)cc21. The first-order chi connectivity index (χ1) is 18.6. The van der Waals surface area contributed by atoms with E-state index in [1.54, 1.807) is 12.1 Å². The van der Waals surface area contributed by atoms with Crippen LogP contribution >= 0.6 is 0 Å². The maximum Gasteiger partial charge on any atom is 0.241 e. The minimum absolute atomic E-state index is 0.0660. The summed E-state index contributed by atoms with van der Waals surface area (Å²) < 4.78 is 19.1. The van der Waals surface area contributed by atoms with Crippen LogP contribution in [0.2, 0.25) is 0 Å². The monoisotopic (exact) mass is 539 g/mol. The summed E-state index contributed by atoms with van der Waals surface area (Å²) >= 11 is 0. The molecule has 4 heterocycles. The Hall–Kier alpha value is -2.43. The summed E-state index contributed by atoms with van der Waals surface area (Å²) in [6.07, 6.45) is 0.506. The van der Waals surface area contributed by atoms with Gasteiger partial charge in [0.1, 0.15) is 5.82 Å². The zero-order valence-electron chi connectivity index (χ0n) is 23.7. The second-order valence-corrected chi connectivity index (χ2v) is 12.3. The first kappa shape index (κ1) is 28.1.